The van der Waals surface area contributed by atoms with Crippen LogP contribution in [0, 0.1) is 5.92 Å². The second-order valence-electron chi connectivity index (χ2n) is 7.38. The molecule has 1 aromatic rings. The molecule has 166 valence electrons. The molecule has 1 heterocycles. The molecule has 11 heteroatoms. The zero-order chi connectivity index (χ0) is 22.5. The van der Waals surface area contributed by atoms with E-state index in [-0.39, 0.29) is 37.2 Å². The number of hydrogen-bond acceptors (Lipinski definition) is 4. The van der Waals surface area contributed by atoms with Crippen molar-refractivity contribution in [3.05, 3.63) is 23.2 Å². The second kappa shape index (κ2) is 10.3. The summed E-state index contributed by atoms with van der Waals surface area (Å²) in [6.07, 6.45) is -3.73. The molecule has 1 saturated heterocycles. The average Bonchev–Trinajstić information content (AvgIpc) is 2.65. The first-order valence-electron chi connectivity index (χ1n) is 9.48. The zero-order valence-corrected chi connectivity index (χ0v) is 18.3. The number of hydrogen-bond donors (Lipinski definition) is 2. The second-order valence-corrected chi connectivity index (χ2v) is 8.19. The van der Waals surface area contributed by atoms with Crippen molar-refractivity contribution in [2.45, 2.75) is 32.9 Å². The van der Waals surface area contributed by atoms with Gasteiger partial charge in [-0.2, -0.15) is 13.2 Å². The molecule has 1 fully saturated rings. The van der Waals surface area contributed by atoms with Crippen LogP contribution in [0.25, 0.3) is 0 Å². The fourth-order valence-electron chi connectivity index (χ4n) is 2.94. The Kier molecular flexibility index (Phi) is 8.31. The smallest absolute Gasteiger partial charge is 0.367 e. The molecule has 0 bridgehead atoms. The summed E-state index contributed by atoms with van der Waals surface area (Å²) in [6.45, 7) is 4.45. The predicted molar refractivity (Wildman–Crippen MR) is 115 cm³/mol. The summed E-state index contributed by atoms with van der Waals surface area (Å²) in [5.41, 5.74) is 1.22. The maximum Gasteiger partial charge on any atom is 0.471 e. The van der Waals surface area contributed by atoms with Crippen LogP contribution in [0.3, 0.4) is 0 Å². The van der Waals surface area contributed by atoms with Crippen LogP contribution in [-0.2, 0) is 9.59 Å². The summed E-state index contributed by atoms with van der Waals surface area (Å²) in [5, 5.41) is 6.03. The Morgan fingerprint density at radius 3 is 2.37 bits per heavy atom. The zero-order valence-electron chi connectivity index (χ0n) is 16.7. The molecule has 6 nitrogen and oxygen atoms in total. The van der Waals surface area contributed by atoms with E-state index in [0.717, 1.165) is 11.3 Å². The highest BCUT2D eigenvalue weighted by molar-refractivity contribution is 7.80. The van der Waals surface area contributed by atoms with E-state index < -0.39 is 12.1 Å². The lowest BCUT2D eigenvalue weighted by Gasteiger charge is -2.36. The number of nitrogens with zero attached hydrogens (tertiary/aromatic N) is 2. The fourth-order valence-corrected chi connectivity index (χ4v) is 3.47. The van der Waals surface area contributed by atoms with Crippen LogP contribution >= 0.6 is 23.8 Å². The van der Waals surface area contributed by atoms with Crippen molar-refractivity contribution >= 4 is 52.1 Å². The molecular weight excluding hydrogens is 441 g/mol. The van der Waals surface area contributed by atoms with Gasteiger partial charge in [0.2, 0.25) is 5.91 Å². The van der Waals surface area contributed by atoms with Crippen molar-refractivity contribution in [2.75, 3.05) is 36.4 Å². The standard InChI is InChI=1S/C19H24ClF3N4O2S/c1-12(2)3-6-16(28)25-18(30)24-13-4-5-15(14(20)11-13)26-7-9-27(10-8-26)17(29)19(21,22)23/h4-5,11-12H,3,6-10H2,1-2H3,(H2,24,25,28,30). The van der Waals surface area contributed by atoms with Crippen molar-refractivity contribution in [3.8, 4) is 0 Å². The van der Waals surface area contributed by atoms with Crippen LogP contribution < -0.4 is 15.5 Å². The first-order chi connectivity index (χ1) is 14.0. The highest BCUT2D eigenvalue weighted by Gasteiger charge is 2.43. The van der Waals surface area contributed by atoms with Crippen LogP contribution in [0.15, 0.2) is 18.2 Å². The van der Waals surface area contributed by atoms with E-state index in [4.69, 9.17) is 23.8 Å². The maximum absolute atomic E-state index is 12.6. The molecular formula is C19H24ClF3N4O2S. The number of nitrogens with one attached hydrogen (secondary N) is 2. The van der Waals surface area contributed by atoms with Gasteiger partial charge >= 0.3 is 12.1 Å². The third-order valence-electron chi connectivity index (χ3n) is 4.56. The van der Waals surface area contributed by atoms with Crippen LogP contribution in [0.2, 0.25) is 5.02 Å². The summed E-state index contributed by atoms with van der Waals surface area (Å²) in [4.78, 5) is 25.8. The average molecular weight is 465 g/mol. The first-order valence-corrected chi connectivity index (χ1v) is 10.3. The van der Waals surface area contributed by atoms with Gasteiger partial charge in [0.05, 0.1) is 10.7 Å². The number of alkyl halides is 3. The molecule has 0 radical (unpaired) electrons. The van der Waals surface area contributed by atoms with Gasteiger partial charge in [0.15, 0.2) is 5.11 Å². The Morgan fingerprint density at radius 1 is 1.20 bits per heavy atom. The lowest BCUT2D eigenvalue weighted by atomic mass is 10.1. The van der Waals surface area contributed by atoms with Gasteiger partial charge in [-0.3, -0.25) is 9.59 Å². The van der Waals surface area contributed by atoms with Crippen LogP contribution in [0.5, 0.6) is 0 Å². The number of carbonyl (C=O) groups excluding carboxylic acids is 2. The van der Waals surface area contributed by atoms with E-state index in [2.05, 4.69) is 10.6 Å². The predicted octanol–water partition coefficient (Wildman–Crippen LogP) is 3.80. The van der Waals surface area contributed by atoms with E-state index in [1.165, 1.54) is 0 Å². The number of anilines is 2. The number of piperazine rings is 1. The van der Waals surface area contributed by atoms with Gasteiger partial charge in [0.25, 0.3) is 0 Å². The highest BCUT2D eigenvalue weighted by atomic mass is 35.5. The summed E-state index contributed by atoms with van der Waals surface area (Å²) >= 11 is 11.5. The number of rotatable bonds is 5. The van der Waals surface area contributed by atoms with Crippen molar-refractivity contribution < 1.29 is 22.8 Å². The number of benzene rings is 1. The SMILES string of the molecule is CC(C)CCC(=O)NC(=S)Nc1ccc(N2CCN(C(=O)C(F)(F)F)CC2)c(Cl)c1. The topological polar surface area (TPSA) is 64.7 Å². The van der Waals surface area contributed by atoms with E-state index in [1.54, 1.807) is 18.2 Å². The molecule has 1 aliphatic rings. The van der Waals surface area contributed by atoms with E-state index >= 15 is 0 Å². The largest absolute Gasteiger partial charge is 0.471 e. The fraction of sp³-hybridized carbons (Fsp3) is 0.526. The summed E-state index contributed by atoms with van der Waals surface area (Å²) in [5.74, 6) is -1.58. The van der Waals surface area contributed by atoms with Gasteiger partial charge in [-0.05, 0) is 42.8 Å². The van der Waals surface area contributed by atoms with Crippen molar-refractivity contribution in [1.29, 1.82) is 0 Å². The summed E-state index contributed by atoms with van der Waals surface area (Å²) < 4.78 is 37.7. The molecule has 0 spiro atoms. The minimum atomic E-state index is -4.87. The van der Waals surface area contributed by atoms with Crippen molar-refractivity contribution in [1.82, 2.24) is 10.2 Å². The van der Waals surface area contributed by atoms with Gasteiger partial charge in [0, 0.05) is 38.3 Å². The Morgan fingerprint density at radius 2 is 1.83 bits per heavy atom. The van der Waals surface area contributed by atoms with Crippen LogP contribution in [0.4, 0.5) is 24.5 Å². The summed E-state index contributed by atoms with van der Waals surface area (Å²) in [6, 6.07) is 5.05. The van der Waals surface area contributed by atoms with Gasteiger partial charge in [0.1, 0.15) is 0 Å². The quantitative estimate of drug-likeness (QED) is 0.649. The molecule has 2 N–H and O–H groups in total. The molecule has 2 rings (SSSR count). The van der Waals surface area contributed by atoms with E-state index in [9.17, 15) is 22.8 Å². The Labute approximate surface area is 183 Å². The van der Waals surface area contributed by atoms with E-state index in [0.29, 0.717) is 28.7 Å². The van der Waals surface area contributed by atoms with Gasteiger partial charge in [-0.25, -0.2) is 0 Å². The molecule has 0 aliphatic carbocycles. The normalized spacial score (nSPS) is 14.6. The molecule has 0 saturated carbocycles. The molecule has 2 amide bonds. The monoisotopic (exact) mass is 464 g/mol. The van der Waals surface area contributed by atoms with Crippen LogP contribution in [0.1, 0.15) is 26.7 Å². The maximum atomic E-state index is 12.6. The number of amides is 2. The lowest BCUT2D eigenvalue weighted by Crippen LogP contribution is -2.52. The molecule has 0 aromatic heterocycles. The number of halogens is 4. The molecule has 1 aromatic carbocycles. The molecule has 0 atom stereocenters. The lowest BCUT2D eigenvalue weighted by molar-refractivity contribution is -0.185. The van der Waals surface area contributed by atoms with Gasteiger partial charge < -0.3 is 20.4 Å². The molecule has 1 aliphatic heterocycles. The third-order valence-corrected chi connectivity index (χ3v) is 5.06. The number of thiocarbonyl (C=S) groups is 1. The minimum absolute atomic E-state index is 0.0405. The van der Waals surface area contributed by atoms with Crippen molar-refractivity contribution in [3.63, 3.8) is 0 Å². The Hall–Kier alpha value is -2.07. The van der Waals surface area contributed by atoms with Gasteiger partial charge in [-0.1, -0.05) is 25.4 Å². The highest BCUT2D eigenvalue weighted by Crippen LogP contribution is 2.30. The Bertz CT molecular complexity index is 796. The van der Waals surface area contributed by atoms with Crippen LogP contribution in [-0.4, -0.2) is 54.2 Å². The Balaban J connectivity index is 1.91. The third kappa shape index (κ3) is 7.02. The van der Waals surface area contributed by atoms with Crippen molar-refractivity contribution in [2.24, 2.45) is 5.92 Å². The number of carbonyl (C=O) groups is 2. The van der Waals surface area contributed by atoms with Gasteiger partial charge in [-0.15, -0.1) is 0 Å². The van der Waals surface area contributed by atoms with E-state index in [1.807, 2.05) is 18.7 Å². The summed E-state index contributed by atoms with van der Waals surface area (Å²) in [7, 11) is 0. The molecule has 0 unspecified atom stereocenters. The minimum Gasteiger partial charge on any atom is -0.367 e. The first kappa shape index (κ1) is 24.2. The molecule has 30 heavy (non-hydrogen) atoms.